The highest BCUT2D eigenvalue weighted by atomic mass is 31.3. The lowest BCUT2D eigenvalue weighted by Gasteiger charge is -2.21. The number of aromatic nitrogens is 2. The Morgan fingerprint density at radius 3 is 1.78 bits per heavy atom. The summed E-state index contributed by atoms with van der Waals surface area (Å²) >= 11 is 0. The Bertz CT molecular complexity index is 2120. The van der Waals surface area contributed by atoms with E-state index in [4.69, 9.17) is 29.0 Å². The van der Waals surface area contributed by atoms with Crippen molar-refractivity contribution in [3.8, 4) is 0 Å². The summed E-state index contributed by atoms with van der Waals surface area (Å²) in [6, 6.07) is 1.24. The number of phosphoric ester groups is 2. The van der Waals surface area contributed by atoms with Gasteiger partial charge in [0.05, 0.1) is 19.3 Å². The van der Waals surface area contributed by atoms with Crippen LogP contribution in [0.4, 0.5) is 5.82 Å². The van der Waals surface area contributed by atoms with E-state index in [0.29, 0.717) is 32.1 Å². The van der Waals surface area contributed by atoms with E-state index < -0.39 is 83.7 Å². The quantitative estimate of drug-likeness (QED) is 0.0153. The molecule has 1 aliphatic heterocycles. The summed E-state index contributed by atoms with van der Waals surface area (Å²) in [5.41, 5.74) is 4.58. The van der Waals surface area contributed by atoms with Crippen molar-refractivity contribution in [1.29, 1.82) is 0 Å². The Hall–Kier alpha value is -4.10. The lowest BCUT2D eigenvalue weighted by Crippen LogP contribution is -2.36. The number of hydrogen-bond donors (Lipinski definition) is 6. The molecule has 0 amide bonds. The number of nitrogen functional groups attached to an aromatic ring is 1. The molecule has 1 fully saturated rings. The maximum atomic E-state index is 12.9. The Kier molecular flexibility index (Phi) is 37.5. The summed E-state index contributed by atoms with van der Waals surface area (Å²) in [4.78, 5) is 62.0. The van der Waals surface area contributed by atoms with Crippen LogP contribution in [-0.2, 0) is 46.3 Å². The molecule has 430 valence electrons. The molecule has 1 aromatic rings. The molecule has 1 aromatic heterocycles. The highest BCUT2D eigenvalue weighted by molar-refractivity contribution is 7.61. The van der Waals surface area contributed by atoms with Crippen LogP contribution in [0.1, 0.15) is 174 Å². The molecule has 0 aliphatic carbocycles. The molecule has 76 heavy (non-hydrogen) atoms. The van der Waals surface area contributed by atoms with Crippen molar-refractivity contribution in [2.24, 2.45) is 0 Å². The van der Waals surface area contributed by atoms with Gasteiger partial charge in [-0.1, -0.05) is 150 Å². The van der Waals surface area contributed by atoms with Gasteiger partial charge in [-0.15, -0.1) is 0 Å². The van der Waals surface area contributed by atoms with E-state index >= 15 is 0 Å². The fourth-order valence-corrected chi connectivity index (χ4v) is 9.67. The molecule has 8 atom stereocenters. The van der Waals surface area contributed by atoms with Crippen LogP contribution in [0.15, 0.2) is 102 Å². The number of allylic oxidation sites excluding steroid dienone is 13. The highest BCUT2D eigenvalue weighted by Gasteiger charge is 2.46. The molecule has 3 unspecified atom stereocenters. The predicted molar refractivity (Wildman–Crippen MR) is 294 cm³/mol. The second-order valence-electron chi connectivity index (χ2n) is 18.6. The summed E-state index contributed by atoms with van der Waals surface area (Å²) < 4.78 is 56.8. The number of nitrogens with two attached hydrogens (primary N) is 1. The fourth-order valence-electron chi connectivity index (χ4n) is 7.56. The minimum atomic E-state index is -5.45. The lowest BCUT2D eigenvalue weighted by molar-refractivity contribution is -0.161. The van der Waals surface area contributed by atoms with E-state index in [2.05, 4.69) is 64.8 Å². The van der Waals surface area contributed by atoms with Crippen molar-refractivity contribution in [1.82, 2.24) is 9.55 Å². The van der Waals surface area contributed by atoms with Crippen molar-refractivity contribution in [3.63, 3.8) is 0 Å². The van der Waals surface area contributed by atoms with Gasteiger partial charge in [0, 0.05) is 19.0 Å². The first-order valence-electron chi connectivity index (χ1n) is 27.2. The SMILES string of the molecule is CCCCCC/C=C\C/C=C\C/C=C\CCCCCCCCC(=O)OC[C@H](COP(=O)(O)OP(=O)(O)OC[C@H]1O[C@@H](n2ccc(N)nc2=O)[C@H](O)[C@@H]1O)OC(=O)CCC/C=C\C/C=C\C/C=C\C/C=C\CC(O)CCC. The number of carbonyl (C=O) groups is 2. The molecule has 1 aliphatic rings. The van der Waals surface area contributed by atoms with E-state index in [-0.39, 0.29) is 24.8 Å². The lowest BCUT2D eigenvalue weighted by atomic mass is 10.1. The number of aliphatic hydroxyl groups excluding tert-OH is 3. The first kappa shape index (κ1) is 68.0. The average Bonchev–Trinajstić information content (AvgIpc) is 3.65. The number of hydrogen-bond acceptors (Lipinski definition) is 16. The average molecular weight is 1110 g/mol. The van der Waals surface area contributed by atoms with Gasteiger partial charge in [-0.25, -0.2) is 13.9 Å². The zero-order valence-corrected chi connectivity index (χ0v) is 46.7. The van der Waals surface area contributed by atoms with Crippen molar-refractivity contribution < 1.29 is 71.4 Å². The van der Waals surface area contributed by atoms with Gasteiger partial charge in [-0.2, -0.15) is 9.29 Å². The van der Waals surface area contributed by atoms with Gasteiger partial charge in [-0.05, 0) is 96.0 Å². The molecule has 0 bridgehead atoms. The van der Waals surface area contributed by atoms with Gasteiger partial charge in [0.25, 0.3) is 0 Å². The first-order chi connectivity index (χ1) is 36.6. The Morgan fingerprint density at radius 2 is 1.20 bits per heavy atom. The van der Waals surface area contributed by atoms with Gasteiger partial charge in [0.1, 0.15) is 30.7 Å². The van der Waals surface area contributed by atoms with Crippen LogP contribution < -0.4 is 11.4 Å². The third kappa shape index (κ3) is 33.9. The molecule has 19 nitrogen and oxygen atoms in total. The molecule has 1 saturated heterocycles. The molecule has 0 spiro atoms. The highest BCUT2D eigenvalue weighted by Crippen LogP contribution is 2.60. The summed E-state index contributed by atoms with van der Waals surface area (Å²) in [6.45, 7) is 1.87. The van der Waals surface area contributed by atoms with E-state index in [1.165, 1.54) is 31.7 Å². The first-order valence-corrected chi connectivity index (χ1v) is 30.2. The molecule has 2 rings (SSSR count). The largest absolute Gasteiger partial charge is 0.481 e. The Labute approximate surface area is 450 Å². The second kappa shape index (κ2) is 41.9. The summed E-state index contributed by atoms with van der Waals surface area (Å²) in [5, 5.41) is 30.7. The molecule has 0 radical (unpaired) electrons. The van der Waals surface area contributed by atoms with Gasteiger partial charge in [0.15, 0.2) is 12.3 Å². The number of unbranched alkanes of at least 4 members (excludes halogenated alkanes) is 11. The monoisotopic (exact) mass is 1110 g/mol. The van der Waals surface area contributed by atoms with Crippen molar-refractivity contribution >= 4 is 33.4 Å². The van der Waals surface area contributed by atoms with Gasteiger partial charge < -0.3 is 45.1 Å². The zero-order valence-electron chi connectivity index (χ0n) is 44.9. The normalized spacial score (nSPS) is 19.8. The van der Waals surface area contributed by atoms with Gasteiger partial charge in [0.2, 0.25) is 0 Å². The summed E-state index contributed by atoms with van der Waals surface area (Å²) in [7, 11) is -10.9. The van der Waals surface area contributed by atoms with Crippen molar-refractivity contribution in [3.05, 3.63) is 108 Å². The number of esters is 2. The maximum Gasteiger partial charge on any atom is 0.481 e. The second-order valence-corrected chi connectivity index (χ2v) is 21.6. The van der Waals surface area contributed by atoms with Gasteiger partial charge in [-0.3, -0.25) is 23.2 Å². The predicted octanol–water partition coefficient (Wildman–Crippen LogP) is 10.8. The van der Waals surface area contributed by atoms with Crippen molar-refractivity contribution in [2.75, 3.05) is 25.6 Å². The molecule has 21 heteroatoms. The molecule has 0 saturated carbocycles. The number of nitrogens with zero attached hydrogens (tertiary/aromatic N) is 2. The van der Waals surface area contributed by atoms with Crippen molar-refractivity contribution in [2.45, 2.75) is 205 Å². The standard InChI is InChI=1S/C55H89N3O16P2/c1-3-5-6-7-8-9-10-11-12-13-14-15-16-17-20-23-26-29-32-35-39-50(60)69-43-47(72-51(61)40-36-33-30-27-24-21-18-19-22-25-28-31-34-38-46(59)37-4-2)44-70-75(65,66)74-76(67,68)71-45-48-52(62)53(63)54(73-48)58-42-41-49(56)57-55(58)64/h9-10,12-13,15-16,18,21-22,25,27,30-31,34,41-42,46-48,52-54,59,62-63H,3-8,11,14,17,19-20,23-24,26,28-29,32-33,35-40,43-45H2,1-2H3,(H,65,66)(H,67,68)(H2,56,57,64)/b10-9-,13-12-,16-15-,21-18-,25-22-,30-27-,34-31-/t46?,47-,48-,52-,53-,54-/m1/s1. The summed E-state index contributed by atoms with van der Waals surface area (Å²) in [6.07, 6.45) is 42.9. The number of aliphatic hydroxyl groups is 3. The van der Waals surface area contributed by atoms with Crippen LogP contribution in [0.3, 0.4) is 0 Å². The van der Waals surface area contributed by atoms with Crippen LogP contribution in [0.5, 0.6) is 0 Å². The summed E-state index contributed by atoms with van der Waals surface area (Å²) in [5.74, 6) is -1.41. The number of rotatable bonds is 44. The molecular weight excluding hydrogens is 1020 g/mol. The Morgan fingerprint density at radius 1 is 0.684 bits per heavy atom. The van der Waals surface area contributed by atoms with Crippen LogP contribution in [0.2, 0.25) is 0 Å². The van der Waals surface area contributed by atoms with E-state index in [0.717, 1.165) is 94.2 Å². The smallest absolute Gasteiger partial charge is 0.462 e. The molecular formula is C55H89N3O16P2. The van der Waals surface area contributed by atoms with Gasteiger partial charge >= 0.3 is 33.3 Å². The van der Waals surface area contributed by atoms with Crippen LogP contribution in [-0.4, -0.2) is 96.9 Å². The number of carbonyl (C=O) groups excluding carboxylic acids is 2. The van der Waals surface area contributed by atoms with Crippen LogP contribution >= 0.6 is 15.6 Å². The van der Waals surface area contributed by atoms with E-state index in [9.17, 15) is 48.6 Å². The number of phosphoric acid groups is 2. The van der Waals surface area contributed by atoms with Crippen LogP contribution in [0.25, 0.3) is 0 Å². The molecule has 0 aromatic carbocycles. The number of ether oxygens (including phenoxy) is 3. The molecule has 7 N–H and O–H groups in total. The third-order valence-corrected chi connectivity index (χ3v) is 14.4. The topological polar surface area (TPSA) is 286 Å². The maximum absolute atomic E-state index is 12.9. The zero-order chi connectivity index (χ0) is 55.7. The minimum absolute atomic E-state index is 0.0481. The van der Waals surface area contributed by atoms with E-state index in [1.54, 1.807) is 0 Å². The molecule has 2 heterocycles. The van der Waals surface area contributed by atoms with Crippen LogP contribution in [0, 0.1) is 0 Å². The fraction of sp³-hybridized carbons (Fsp3) is 0.636. The minimum Gasteiger partial charge on any atom is -0.462 e. The third-order valence-electron chi connectivity index (χ3n) is 11.8. The Balaban J connectivity index is 1.81. The van der Waals surface area contributed by atoms with E-state index in [1.807, 2.05) is 43.4 Å². The number of anilines is 1.